The van der Waals surface area contributed by atoms with Crippen molar-refractivity contribution in [1.29, 1.82) is 0 Å². The number of aliphatic hydroxyl groups is 2. The molecule has 0 unspecified atom stereocenters. The minimum absolute atomic E-state index is 0.117. The first kappa shape index (κ1) is 21.5. The van der Waals surface area contributed by atoms with Crippen LogP contribution in [-0.2, 0) is 4.79 Å². The molecule has 0 aliphatic rings. The van der Waals surface area contributed by atoms with Crippen molar-refractivity contribution >= 4 is 17.5 Å². The predicted molar refractivity (Wildman–Crippen MR) is 106 cm³/mol. The smallest absolute Gasteiger partial charge is 0.251 e. The molecular formula is C22H25NO5. The lowest BCUT2D eigenvalue weighted by molar-refractivity contribution is -0.125. The van der Waals surface area contributed by atoms with Gasteiger partial charge in [-0.1, -0.05) is 43.3 Å². The van der Waals surface area contributed by atoms with E-state index >= 15 is 0 Å². The average molecular weight is 383 g/mol. The van der Waals surface area contributed by atoms with E-state index in [1.165, 1.54) is 6.92 Å². The highest BCUT2D eigenvalue weighted by atomic mass is 16.3. The van der Waals surface area contributed by atoms with Crippen molar-refractivity contribution in [2.45, 2.75) is 38.8 Å². The number of amides is 1. The van der Waals surface area contributed by atoms with E-state index in [1.54, 1.807) is 36.4 Å². The van der Waals surface area contributed by atoms with Crippen LogP contribution in [0.15, 0.2) is 48.5 Å². The number of rotatable bonds is 9. The van der Waals surface area contributed by atoms with Gasteiger partial charge < -0.3 is 15.5 Å². The van der Waals surface area contributed by atoms with Crippen LogP contribution < -0.4 is 5.32 Å². The number of carbonyl (C=O) groups is 3. The highest BCUT2D eigenvalue weighted by molar-refractivity contribution is 5.99. The molecule has 2 atom stereocenters. The summed E-state index contributed by atoms with van der Waals surface area (Å²) in [5.41, 5.74) is 2.80. The van der Waals surface area contributed by atoms with Crippen LogP contribution in [0, 0.1) is 0 Å². The summed E-state index contributed by atoms with van der Waals surface area (Å²) < 4.78 is 0. The predicted octanol–water partition coefficient (Wildman–Crippen LogP) is 2.38. The van der Waals surface area contributed by atoms with E-state index in [2.05, 4.69) is 5.32 Å². The Bertz CT molecular complexity index is 825. The van der Waals surface area contributed by atoms with Crippen LogP contribution in [0.3, 0.4) is 0 Å². The molecule has 6 nitrogen and oxygen atoms in total. The minimum Gasteiger partial charge on any atom is -0.391 e. The molecule has 2 aromatic rings. The molecule has 0 saturated carbocycles. The third-order valence-electron chi connectivity index (χ3n) is 4.44. The topological polar surface area (TPSA) is 104 Å². The van der Waals surface area contributed by atoms with E-state index < -0.39 is 30.4 Å². The molecule has 0 aromatic heterocycles. The molecule has 0 bridgehead atoms. The van der Waals surface area contributed by atoms with Crippen LogP contribution in [0.5, 0.6) is 0 Å². The van der Waals surface area contributed by atoms with Crippen LogP contribution >= 0.6 is 0 Å². The fourth-order valence-electron chi connectivity index (χ4n) is 2.83. The third-order valence-corrected chi connectivity index (χ3v) is 4.44. The van der Waals surface area contributed by atoms with E-state index in [4.69, 9.17) is 5.11 Å². The maximum atomic E-state index is 12.3. The zero-order valence-electron chi connectivity index (χ0n) is 16.0. The van der Waals surface area contributed by atoms with Crippen molar-refractivity contribution in [3.05, 3.63) is 59.7 Å². The number of benzene rings is 2. The number of hydrogen-bond donors (Lipinski definition) is 3. The van der Waals surface area contributed by atoms with Gasteiger partial charge in [0, 0.05) is 17.5 Å². The van der Waals surface area contributed by atoms with Crippen LogP contribution in [0.4, 0.5) is 0 Å². The van der Waals surface area contributed by atoms with Crippen molar-refractivity contribution in [3.63, 3.8) is 0 Å². The molecule has 2 rings (SSSR count). The van der Waals surface area contributed by atoms with Crippen LogP contribution in [0.1, 0.15) is 47.4 Å². The van der Waals surface area contributed by atoms with E-state index in [0.717, 1.165) is 17.5 Å². The highest BCUT2D eigenvalue weighted by Crippen LogP contribution is 2.21. The monoisotopic (exact) mass is 383 g/mol. The third kappa shape index (κ3) is 5.34. The summed E-state index contributed by atoms with van der Waals surface area (Å²) in [7, 11) is 0. The lowest BCUT2D eigenvalue weighted by atomic mass is 10.00. The molecule has 0 fully saturated rings. The molecule has 6 heteroatoms. The van der Waals surface area contributed by atoms with Gasteiger partial charge in [0.2, 0.25) is 0 Å². The Morgan fingerprint density at radius 2 is 1.43 bits per heavy atom. The van der Waals surface area contributed by atoms with Crippen molar-refractivity contribution in [2.24, 2.45) is 0 Å². The molecule has 0 aliphatic carbocycles. The second-order valence-electron chi connectivity index (χ2n) is 6.64. The van der Waals surface area contributed by atoms with Gasteiger partial charge in [-0.05, 0) is 36.6 Å². The van der Waals surface area contributed by atoms with Gasteiger partial charge in [0.05, 0.1) is 6.10 Å². The van der Waals surface area contributed by atoms with Gasteiger partial charge in [0.1, 0.15) is 12.6 Å². The van der Waals surface area contributed by atoms with Gasteiger partial charge in [-0.3, -0.25) is 14.4 Å². The fourth-order valence-corrected chi connectivity index (χ4v) is 2.83. The lowest BCUT2D eigenvalue weighted by Crippen LogP contribution is -2.48. The first-order valence-electron chi connectivity index (χ1n) is 9.23. The largest absolute Gasteiger partial charge is 0.391 e. The van der Waals surface area contributed by atoms with Crippen molar-refractivity contribution in [2.75, 3.05) is 6.61 Å². The molecule has 0 saturated heterocycles. The van der Waals surface area contributed by atoms with Crippen LogP contribution in [0.25, 0.3) is 11.1 Å². The molecular weight excluding hydrogens is 358 g/mol. The lowest BCUT2D eigenvalue weighted by Gasteiger charge is -2.19. The molecule has 0 heterocycles. The fraction of sp³-hybridized carbons (Fsp3) is 0.318. The Morgan fingerprint density at radius 3 is 1.86 bits per heavy atom. The first-order chi connectivity index (χ1) is 13.4. The van der Waals surface area contributed by atoms with Gasteiger partial charge in [0.25, 0.3) is 5.91 Å². The number of hydrogen-bond acceptors (Lipinski definition) is 5. The molecule has 148 valence electrons. The number of nitrogens with one attached hydrogen (secondary N) is 1. The number of ketones is 2. The highest BCUT2D eigenvalue weighted by Gasteiger charge is 2.25. The summed E-state index contributed by atoms with van der Waals surface area (Å²) in [4.78, 5) is 35.9. The van der Waals surface area contributed by atoms with E-state index in [9.17, 15) is 19.5 Å². The molecule has 0 spiro atoms. The summed E-state index contributed by atoms with van der Waals surface area (Å²) in [5.74, 6) is -1.05. The number of carbonyl (C=O) groups excluding carboxylic acids is 3. The Kier molecular flexibility index (Phi) is 7.61. The number of aliphatic hydroxyl groups excluding tert-OH is 2. The normalized spacial score (nSPS) is 12.9. The summed E-state index contributed by atoms with van der Waals surface area (Å²) in [6.45, 7) is 2.58. The molecule has 0 radical (unpaired) electrons. The second-order valence-corrected chi connectivity index (χ2v) is 6.64. The van der Waals surface area contributed by atoms with E-state index in [-0.39, 0.29) is 5.78 Å². The molecule has 1 amide bonds. The molecule has 28 heavy (non-hydrogen) atoms. The van der Waals surface area contributed by atoms with Gasteiger partial charge in [0.15, 0.2) is 11.6 Å². The Balaban J connectivity index is 2.11. The summed E-state index contributed by atoms with van der Waals surface area (Å²) in [5, 5.41) is 21.0. The second kappa shape index (κ2) is 9.92. The van der Waals surface area contributed by atoms with Crippen molar-refractivity contribution < 1.29 is 24.6 Å². The first-order valence-corrected chi connectivity index (χ1v) is 9.23. The Morgan fingerprint density at radius 1 is 0.929 bits per heavy atom. The van der Waals surface area contributed by atoms with Gasteiger partial charge in [-0.15, -0.1) is 0 Å². The standard InChI is InChI=1S/C22H25NO5/c1-3-4-19(26)17-9-5-15(6-10-17)16-7-11-18(12-8-16)22(28)23-21(14(2)25)20(27)13-24/h5-12,14,21,24-25H,3-4,13H2,1-2H3,(H,23,28)/t14-,21+/m1/s1. The summed E-state index contributed by atoms with van der Waals surface area (Å²) >= 11 is 0. The van der Waals surface area contributed by atoms with Gasteiger partial charge in [-0.25, -0.2) is 0 Å². The zero-order valence-corrected chi connectivity index (χ0v) is 16.0. The maximum absolute atomic E-state index is 12.3. The summed E-state index contributed by atoms with van der Waals surface area (Å²) in [6, 6.07) is 12.9. The Hall–Kier alpha value is -2.83. The van der Waals surface area contributed by atoms with Crippen molar-refractivity contribution in [3.8, 4) is 11.1 Å². The average Bonchev–Trinajstić information content (AvgIpc) is 2.71. The van der Waals surface area contributed by atoms with E-state index in [1.807, 2.05) is 19.1 Å². The quantitative estimate of drug-likeness (QED) is 0.577. The molecule has 2 aromatic carbocycles. The van der Waals surface area contributed by atoms with Gasteiger partial charge >= 0.3 is 0 Å². The maximum Gasteiger partial charge on any atom is 0.251 e. The van der Waals surface area contributed by atoms with Gasteiger partial charge in [-0.2, -0.15) is 0 Å². The molecule has 0 aliphatic heterocycles. The van der Waals surface area contributed by atoms with Crippen LogP contribution in [0.2, 0.25) is 0 Å². The zero-order chi connectivity index (χ0) is 20.7. The minimum atomic E-state index is -1.16. The van der Waals surface area contributed by atoms with Crippen molar-refractivity contribution in [1.82, 2.24) is 5.32 Å². The van der Waals surface area contributed by atoms with Crippen LogP contribution in [-0.4, -0.2) is 46.4 Å². The number of Topliss-reactive ketones (excluding diaryl/α,β-unsaturated/α-hetero) is 2. The molecule has 3 N–H and O–H groups in total. The summed E-state index contributed by atoms with van der Waals surface area (Å²) in [6.07, 6.45) is 0.219. The Labute approximate surface area is 164 Å². The van der Waals surface area contributed by atoms with E-state index in [0.29, 0.717) is 17.5 Å². The SMILES string of the molecule is CCCC(=O)c1ccc(-c2ccc(C(=O)N[C@H](C(=O)CO)[C@@H](C)O)cc2)cc1.